The van der Waals surface area contributed by atoms with E-state index in [2.05, 4.69) is 15.3 Å². The molecule has 0 atom stereocenters. The summed E-state index contributed by atoms with van der Waals surface area (Å²) < 4.78 is 34.2. The lowest BCUT2D eigenvalue weighted by molar-refractivity contribution is 0.0795. The van der Waals surface area contributed by atoms with Crippen molar-refractivity contribution in [3.05, 3.63) is 47.1 Å². The average Bonchev–Trinajstić information content (AvgIpc) is 2.59. The van der Waals surface area contributed by atoms with Crippen LogP contribution in [0, 0.1) is 0 Å². The zero-order chi connectivity index (χ0) is 18.2. The van der Waals surface area contributed by atoms with Crippen LogP contribution in [0.1, 0.15) is 5.69 Å². The number of hydrogen-bond acceptors (Lipinski definition) is 4. The van der Waals surface area contributed by atoms with E-state index in [4.69, 9.17) is 26.8 Å². The van der Waals surface area contributed by atoms with Crippen LogP contribution in [0.15, 0.2) is 41.4 Å². The summed E-state index contributed by atoms with van der Waals surface area (Å²) in [6, 6.07) is 9.92. The summed E-state index contributed by atoms with van der Waals surface area (Å²) >= 11 is 6.03. The van der Waals surface area contributed by atoms with E-state index >= 15 is 0 Å². The largest absolute Gasteiger partial charge is 0.495 e. The van der Waals surface area contributed by atoms with Gasteiger partial charge in [0.05, 0.1) is 24.4 Å². The monoisotopic (exact) mass is 370 g/mol. The van der Waals surface area contributed by atoms with Gasteiger partial charge in [0.2, 0.25) is 5.88 Å². The van der Waals surface area contributed by atoms with Crippen molar-refractivity contribution < 1.29 is 18.3 Å². The Kier molecular flexibility index (Phi) is 6.76. The molecule has 0 fully saturated rings. The Morgan fingerprint density at radius 2 is 2.16 bits per heavy atom. The Bertz CT molecular complexity index is 744. The van der Waals surface area contributed by atoms with E-state index in [1.165, 1.54) is 13.2 Å². The molecule has 0 amide bonds. The number of pyridine rings is 1. The molecule has 1 aromatic carbocycles. The van der Waals surface area contributed by atoms with Gasteiger partial charge in [-0.15, -0.1) is 0 Å². The third-order valence-electron chi connectivity index (χ3n) is 2.97. The fraction of sp³-hybridized carbons (Fsp3) is 0.250. The lowest BCUT2D eigenvalue weighted by Crippen LogP contribution is -2.22. The molecular weight excluding hydrogens is 354 g/mol. The molecule has 0 saturated heterocycles. The first-order valence-corrected chi connectivity index (χ1v) is 7.63. The van der Waals surface area contributed by atoms with Crippen LogP contribution in [0.5, 0.6) is 11.6 Å². The maximum absolute atomic E-state index is 12.1. The number of methoxy groups -OCH3 is 1. The molecule has 0 bridgehead atoms. The summed E-state index contributed by atoms with van der Waals surface area (Å²) in [5, 5.41) is 3.32. The molecule has 2 rings (SSSR count). The van der Waals surface area contributed by atoms with Gasteiger partial charge >= 0.3 is 0 Å². The Hall–Kier alpha value is -2.61. The highest BCUT2D eigenvalue weighted by molar-refractivity contribution is 6.32. The van der Waals surface area contributed by atoms with Gasteiger partial charge in [0.25, 0.3) is 6.43 Å². The van der Waals surface area contributed by atoms with Crippen LogP contribution in [-0.2, 0) is 6.54 Å². The van der Waals surface area contributed by atoms with Crippen molar-refractivity contribution in [3.8, 4) is 11.6 Å². The van der Waals surface area contributed by atoms with Crippen LogP contribution in [0.2, 0.25) is 5.02 Å². The number of ether oxygens (including phenoxy) is 2. The van der Waals surface area contributed by atoms with Gasteiger partial charge in [-0.1, -0.05) is 17.7 Å². The fourth-order valence-corrected chi connectivity index (χ4v) is 2.13. The predicted molar refractivity (Wildman–Crippen MR) is 92.7 cm³/mol. The molecule has 1 heterocycles. The van der Waals surface area contributed by atoms with Crippen LogP contribution in [0.4, 0.5) is 14.5 Å². The van der Waals surface area contributed by atoms with Crippen molar-refractivity contribution in [3.63, 3.8) is 0 Å². The number of nitrogens with one attached hydrogen (secondary N) is 1. The molecule has 134 valence electrons. The van der Waals surface area contributed by atoms with Crippen LogP contribution < -0.4 is 20.5 Å². The van der Waals surface area contributed by atoms with Crippen LogP contribution in [0.3, 0.4) is 0 Å². The summed E-state index contributed by atoms with van der Waals surface area (Å²) in [7, 11) is 1.52. The Morgan fingerprint density at radius 3 is 2.84 bits per heavy atom. The first-order valence-electron chi connectivity index (χ1n) is 7.25. The quantitative estimate of drug-likeness (QED) is 0.577. The van der Waals surface area contributed by atoms with E-state index < -0.39 is 13.0 Å². The molecular formula is C16H17ClF2N4O2. The minimum atomic E-state index is -2.56. The number of anilines is 1. The number of nitrogens with zero attached hydrogens (tertiary/aromatic N) is 2. The third kappa shape index (κ3) is 6.07. The maximum atomic E-state index is 12.1. The second kappa shape index (κ2) is 9.03. The SMILES string of the molecule is COc1ccc(NC(N)=NCc2cccc(OCC(F)F)n2)cc1Cl. The summed E-state index contributed by atoms with van der Waals surface area (Å²) in [6.45, 7) is -0.545. The van der Waals surface area contributed by atoms with E-state index in [9.17, 15) is 8.78 Å². The maximum Gasteiger partial charge on any atom is 0.272 e. The van der Waals surface area contributed by atoms with E-state index in [0.29, 0.717) is 22.2 Å². The second-order valence-electron chi connectivity index (χ2n) is 4.85. The highest BCUT2D eigenvalue weighted by atomic mass is 35.5. The molecule has 0 saturated carbocycles. The van der Waals surface area contributed by atoms with Gasteiger partial charge in [0.15, 0.2) is 12.6 Å². The Labute approximate surface area is 148 Å². The van der Waals surface area contributed by atoms with Gasteiger partial charge in [0.1, 0.15) is 5.75 Å². The Morgan fingerprint density at radius 1 is 1.36 bits per heavy atom. The highest BCUT2D eigenvalue weighted by Gasteiger charge is 2.06. The molecule has 9 heteroatoms. The summed E-state index contributed by atoms with van der Waals surface area (Å²) in [5.41, 5.74) is 7.00. The number of aromatic nitrogens is 1. The first-order chi connectivity index (χ1) is 12.0. The van der Waals surface area contributed by atoms with Crippen molar-refractivity contribution in [2.45, 2.75) is 13.0 Å². The molecule has 0 spiro atoms. The molecule has 1 aromatic heterocycles. The zero-order valence-corrected chi connectivity index (χ0v) is 14.1. The van der Waals surface area contributed by atoms with Crippen molar-refractivity contribution in [2.75, 3.05) is 19.0 Å². The van der Waals surface area contributed by atoms with E-state index in [1.54, 1.807) is 30.3 Å². The van der Waals surface area contributed by atoms with Crippen molar-refractivity contribution in [1.29, 1.82) is 0 Å². The molecule has 0 unspecified atom stereocenters. The van der Waals surface area contributed by atoms with Gasteiger partial charge in [-0.05, 0) is 24.3 Å². The number of guanidine groups is 1. The molecule has 25 heavy (non-hydrogen) atoms. The predicted octanol–water partition coefficient (Wildman–Crippen LogP) is 3.31. The van der Waals surface area contributed by atoms with E-state index in [0.717, 1.165) is 0 Å². The number of halogens is 3. The smallest absolute Gasteiger partial charge is 0.272 e. The standard InChI is InChI=1S/C16H17ClF2N4O2/c1-24-13-6-5-10(7-12(13)17)23-16(20)21-8-11-3-2-4-15(22-11)25-9-14(18)19/h2-7,14H,8-9H2,1H3,(H3,20,21,23). The molecule has 3 N–H and O–H groups in total. The normalized spacial score (nSPS) is 11.5. The first kappa shape index (κ1) is 18.7. The minimum Gasteiger partial charge on any atom is -0.495 e. The van der Waals surface area contributed by atoms with E-state index in [1.807, 2.05) is 0 Å². The van der Waals surface area contributed by atoms with Crippen molar-refractivity contribution >= 4 is 23.2 Å². The van der Waals surface area contributed by atoms with Gasteiger partial charge < -0.3 is 20.5 Å². The molecule has 0 aliphatic carbocycles. The number of aliphatic imine (C=N–C) groups is 1. The average molecular weight is 371 g/mol. The topological polar surface area (TPSA) is 81.8 Å². The van der Waals surface area contributed by atoms with Gasteiger partial charge in [0, 0.05) is 11.8 Å². The number of alkyl halides is 2. The molecule has 0 aliphatic rings. The lowest BCUT2D eigenvalue weighted by Gasteiger charge is -2.09. The number of rotatable bonds is 7. The zero-order valence-electron chi connectivity index (χ0n) is 13.4. The summed E-state index contributed by atoms with van der Waals surface area (Å²) in [6.07, 6.45) is -2.56. The van der Waals surface area contributed by atoms with Gasteiger partial charge in [-0.3, -0.25) is 0 Å². The lowest BCUT2D eigenvalue weighted by atomic mass is 10.3. The molecule has 6 nitrogen and oxygen atoms in total. The third-order valence-corrected chi connectivity index (χ3v) is 3.27. The number of nitrogens with two attached hydrogens (primary N) is 1. The molecule has 2 aromatic rings. The second-order valence-corrected chi connectivity index (χ2v) is 5.25. The number of benzene rings is 1. The number of hydrogen-bond donors (Lipinski definition) is 2. The minimum absolute atomic E-state index is 0.112. The van der Waals surface area contributed by atoms with Crippen LogP contribution in [0.25, 0.3) is 0 Å². The highest BCUT2D eigenvalue weighted by Crippen LogP contribution is 2.27. The van der Waals surface area contributed by atoms with Gasteiger partial charge in [-0.2, -0.15) is 0 Å². The summed E-state index contributed by atoms with van der Waals surface area (Å²) in [4.78, 5) is 8.22. The van der Waals surface area contributed by atoms with E-state index in [-0.39, 0.29) is 18.4 Å². The fourth-order valence-electron chi connectivity index (χ4n) is 1.87. The summed E-state index contributed by atoms with van der Waals surface area (Å²) in [5.74, 6) is 0.816. The van der Waals surface area contributed by atoms with Crippen LogP contribution in [-0.4, -0.2) is 31.1 Å². The molecule has 0 radical (unpaired) electrons. The van der Waals surface area contributed by atoms with Crippen molar-refractivity contribution in [1.82, 2.24) is 4.98 Å². The molecule has 0 aliphatic heterocycles. The van der Waals surface area contributed by atoms with Gasteiger partial charge in [-0.25, -0.2) is 18.8 Å². The van der Waals surface area contributed by atoms with Crippen molar-refractivity contribution in [2.24, 2.45) is 10.7 Å². The Balaban J connectivity index is 1.96. The van der Waals surface area contributed by atoms with Crippen LogP contribution >= 0.6 is 11.6 Å².